The summed E-state index contributed by atoms with van der Waals surface area (Å²) in [6.45, 7) is 5.43. The van der Waals surface area contributed by atoms with Crippen molar-refractivity contribution < 1.29 is 8.42 Å². The van der Waals surface area contributed by atoms with Crippen LogP contribution in [0.5, 0.6) is 0 Å². The molecule has 21 heavy (non-hydrogen) atoms. The second-order valence-corrected chi connectivity index (χ2v) is 8.97. The van der Waals surface area contributed by atoms with Crippen LogP contribution in [0.1, 0.15) is 58.8 Å². The molecule has 124 valence electrons. The molecule has 0 radical (unpaired) electrons. The van der Waals surface area contributed by atoms with Crippen LogP contribution in [0, 0.1) is 5.92 Å². The maximum Gasteiger partial charge on any atom is 0.282 e. The van der Waals surface area contributed by atoms with E-state index in [2.05, 4.69) is 13.8 Å². The molecule has 2 fully saturated rings. The average molecular weight is 337 g/mol. The van der Waals surface area contributed by atoms with Gasteiger partial charge in [0.1, 0.15) is 0 Å². The van der Waals surface area contributed by atoms with Crippen molar-refractivity contribution in [3.8, 4) is 0 Å². The summed E-state index contributed by atoms with van der Waals surface area (Å²) in [7, 11) is -3.38. The van der Waals surface area contributed by atoms with Crippen molar-refractivity contribution in [2.45, 2.75) is 70.9 Å². The Bertz CT molecular complexity index is 421. The lowest BCUT2D eigenvalue weighted by Gasteiger charge is -2.39. The van der Waals surface area contributed by atoms with Crippen molar-refractivity contribution in [1.82, 2.24) is 8.61 Å². The summed E-state index contributed by atoms with van der Waals surface area (Å²) in [5.41, 5.74) is 0. The van der Waals surface area contributed by atoms with Gasteiger partial charge in [0.25, 0.3) is 10.2 Å². The third-order valence-corrected chi connectivity index (χ3v) is 7.09. The second-order valence-electron chi connectivity index (χ2n) is 6.82. The van der Waals surface area contributed by atoms with Gasteiger partial charge in [0.15, 0.2) is 0 Å². The van der Waals surface area contributed by atoms with Gasteiger partial charge in [-0.2, -0.15) is 17.0 Å². The van der Waals surface area contributed by atoms with E-state index in [1.807, 2.05) is 0 Å². The van der Waals surface area contributed by atoms with Crippen LogP contribution < -0.4 is 0 Å². The van der Waals surface area contributed by atoms with Crippen LogP contribution in [0.3, 0.4) is 0 Å². The molecule has 6 heteroatoms. The van der Waals surface area contributed by atoms with E-state index in [-0.39, 0.29) is 12.1 Å². The molecule has 1 aliphatic carbocycles. The fourth-order valence-corrected chi connectivity index (χ4v) is 6.21. The molecule has 2 aliphatic rings. The van der Waals surface area contributed by atoms with Crippen LogP contribution in [0.4, 0.5) is 0 Å². The van der Waals surface area contributed by atoms with Crippen LogP contribution in [-0.4, -0.2) is 48.1 Å². The third-order valence-electron chi connectivity index (χ3n) is 4.62. The molecule has 1 saturated carbocycles. The van der Waals surface area contributed by atoms with Crippen molar-refractivity contribution in [1.29, 1.82) is 0 Å². The predicted octanol–water partition coefficient (Wildman–Crippen LogP) is 3.23. The highest BCUT2D eigenvalue weighted by Crippen LogP contribution is 2.30. The van der Waals surface area contributed by atoms with E-state index in [1.165, 1.54) is 0 Å². The van der Waals surface area contributed by atoms with Gasteiger partial charge in [-0.15, -0.1) is 11.6 Å². The summed E-state index contributed by atoms with van der Waals surface area (Å²) in [6.07, 6.45) is 7.23. The van der Waals surface area contributed by atoms with Crippen molar-refractivity contribution in [3.05, 3.63) is 0 Å². The molecule has 0 amide bonds. The Kier molecular flexibility index (Phi) is 6.36. The Hall–Kier alpha value is 0.160. The zero-order chi connectivity index (χ0) is 15.5. The fraction of sp³-hybridized carbons (Fsp3) is 1.00. The van der Waals surface area contributed by atoms with E-state index in [0.717, 1.165) is 44.9 Å². The zero-order valence-corrected chi connectivity index (χ0v) is 14.9. The fourth-order valence-electron chi connectivity index (χ4n) is 3.55. The first-order valence-electron chi connectivity index (χ1n) is 8.31. The Labute approximate surface area is 135 Å². The highest BCUT2D eigenvalue weighted by Gasteiger charge is 2.40. The monoisotopic (exact) mass is 336 g/mol. The number of hydrogen-bond donors (Lipinski definition) is 0. The van der Waals surface area contributed by atoms with Crippen LogP contribution in [0.15, 0.2) is 0 Å². The third kappa shape index (κ3) is 4.12. The van der Waals surface area contributed by atoms with E-state index in [9.17, 15) is 8.42 Å². The molecule has 4 nitrogen and oxygen atoms in total. The number of nitrogens with zero attached hydrogens (tertiary/aromatic N) is 2. The van der Waals surface area contributed by atoms with Crippen molar-refractivity contribution in [2.75, 3.05) is 19.0 Å². The van der Waals surface area contributed by atoms with E-state index >= 15 is 0 Å². The Morgan fingerprint density at radius 2 is 1.76 bits per heavy atom. The smallest absolute Gasteiger partial charge is 0.195 e. The topological polar surface area (TPSA) is 40.6 Å². The summed E-state index contributed by atoms with van der Waals surface area (Å²) in [5.74, 6) is 0.749. The van der Waals surface area contributed by atoms with Crippen molar-refractivity contribution in [2.24, 2.45) is 5.92 Å². The summed E-state index contributed by atoms with van der Waals surface area (Å²) in [5, 5.41) is 0. The molecular weight excluding hydrogens is 308 g/mol. The predicted molar refractivity (Wildman–Crippen MR) is 87.8 cm³/mol. The first kappa shape index (κ1) is 17.5. The minimum Gasteiger partial charge on any atom is -0.195 e. The van der Waals surface area contributed by atoms with Crippen LogP contribution in [0.2, 0.25) is 0 Å². The van der Waals surface area contributed by atoms with Gasteiger partial charge in [-0.3, -0.25) is 0 Å². The van der Waals surface area contributed by atoms with E-state index in [0.29, 0.717) is 24.9 Å². The lowest BCUT2D eigenvalue weighted by molar-refractivity contribution is 0.219. The number of rotatable bonds is 6. The van der Waals surface area contributed by atoms with Crippen molar-refractivity contribution >= 4 is 21.8 Å². The lowest BCUT2D eigenvalue weighted by atomic mass is 10.1. The SMILES string of the molecule is CC(C)CN(C1CCCC1)S(=O)(=O)N1CCCCC1CCl. The summed E-state index contributed by atoms with van der Waals surface area (Å²) in [4.78, 5) is 0. The Morgan fingerprint density at radius 3 is 2.33 bits per heavy atom. The van der Waals surface area contributed by atoms with Gasteiger partial charge in [-0.1, -0.05) is 33.1 Å². The van der Waals surface area contributed by atoms with E-state index < -0.39 is 10.2 Å². The van der Waals surface area contributed by atoms with Gasteiger partial charge in [0.05, 0.1) is 0 Å². The number of piperidine rings is 1. The summed E-state index contributed by atoms with van der Waals surface area (Å²) >= 11 is 6.03. The minimum atomic E-state index is -3.38. The highest BCUT2D eigenvalue weighted by atomic mass is 35.5. The molecule has 0 bridgehead atoms. The molecule has 0 aromatic heterocycles. The van der Waals surface area contributed by atoms with Crippen LogP contribution >= 0.6 is 11.6 Å². The number of hydrogen-bond acceptors (Lipinski definition) is 2. The quantitative estimate of drug-likeness (QED) is 0.699. The number of alkyl halides is 1. The minimum absolute atomic E-state index is 0.0264. The van der Waals surface area contributed by atoms with Gasteiger partial charge in [0, 0.05) is 31.1 Å². The molecule has 0 aromatic carbocycles. The Morgan fingerprint density at radius 1 is 1.14 bits per heavy atom. The lowest BCUT2D eigenvalue weighted by Crippen LogP contribution is -2.54. The van der Waals surface area contributed by atoms with Gasteiger partial charge in [0.2, 0.25) is 0 Å². The summed E-state index contributed by atoms with van der Waals surface area (Å²) in [6, 6.07) is 0.164. The molecule has 0 N–H and O–H groups in total. The zero-order valence-electron chi connectivity index (χ0n) is 13.3. The molecule has 2 rings (SSSR count). The molecule has 1 unspecified atom stereocenters. The molecule has 1 heterocycles. The van der Waals surface area contributed by atoms with Gasteiger partial charge in [-0.25, -0.2) is 0 Å². The van der Waals surface area contributed by atoms with E-state index in [1.54, 1.807) is 8.61 Å². The summed E-state index contributed by atoms with van der Waals surface area (Å²) < 4.78 is 29.8. The maximum atomic E-state index is 13.2. The Balaban J connectivity index is 2.22. The van der Waals surface area contributed by atoms with Crippen LogP contribution in [0.25, 0.3) is 0 Å². The first-order chi connectivity index (χ1) is 9.96. The van der Waals surface area contributed by atoms with Gasteiger partial charge in [-0.05, 0) is 31.6 Å². The molecule has 1 aliphatic heterocycles. The molecule has 0 spiro atoms. The molecular formula is C15H29ClN2O2S. The molecule has 1 saturated heterocycles. The normalized spacial score (nSPS) is 26.0. The molecule has 0 aromatic rings. The van der Waals surface area contributed by atoms with Gasteiger partial charge >= 0.3 is 0 Å². The van der Waals surface area contributed by atoms with E-state index in [4.69, 9.17) is 11.6 Å². The second kappa shape index (κ2) is 7.62. The first-order valence-corrected chi connectivity index (χ1v) is 10.2. The van der Waals surface area contributed by atoms with Crippen molar-refractivity contribution in [3.63, 3.8) is 0 Å². The number of halogens is 1. The maximum absolute atomic E-state index is 13.2. The largest absolute Gasteiger partial charge is 0.282 e. The average Bonchev–Trinajstić information content (AvgIpc) is 2.98. The van der Waals surface area contributed by atoms with Crippen LogP contribution in [-0.2, 0) is 10.2 Å². The molecule has 1 atom stereocenters. The standard InChI is InChI=1S/C15H29ClN2O2S/c1-13(2)12-18(14-7-3-4-8-14)21(19,20)17-10-6-5-9-15(17)11-16/h13-15H,3-12H2,1-2H3. The highest BCUT2D eigenvalue weighted by molar-refractivity contribution is 7.86. The van der Waals surface area contributed by atoms with Gasteiger partial charge < -0.3 is 0 Å².